The van der Waals surface area contributed by atoms with Crippen molar-refractivity contribution in [2.24, 2.45) is 5.92 Å². The van der Waals surface area contributed by atoms with Crippen LogP contribution in [0.1, 0.15) is 57.8 Å². The van der Waals surface area contributed by atoms with E-state index >= 15 is 0 Å². The number of urea groups is 1. The SMILES string of the molecule is O=C(NC1CCCCC1)N1CCCC1C1CCCNC1. The fourth-order valence-corrected chi connectivity index (χ4v) is 4.25. The molecule has 20 heavy (non-hydrogen) atoms. The first-order chi connectivity index (χ1) is 9.84. The van der Waals surface area contributed by atoms with Crippen LogP contribution < -0.4 is 10.6 Å². The zero-order chi connectivity index (χ0) is 13.8. The minimum Gasteiger partial charge on any atom is -0.335 e. The molecule has 1 saturated carbocycles. The summed E-state index contributed by atoms with van der Waals surface area (Å²) in [4.78, 5) is 14.7. The summed E-state index contributed by atoms with van der Waals surface area (Å²) in [6.07, 6.45) is 11.2. The maximum atomic E-state index is 12.6. The number of rotatable bonds is 2. The summed E-state index contributed by atoms with van der Waals surface area (Å²) in [6.45, 7) is 3.20. The first-order valence-electron chi connectivity index (χ1n) is 8.62. The van der Waals surface area contributed by atoms with E-state index in [9.17, 15) is 4.79 Å². The van der Waals surface area contributed by atoms with Crippen molar-refractivity contribution in [2.45, 2.75) is 69.9 Å². The van der Waals surface area contributed by atoms with Gasteiger partial charge in [0.25, 0.3) is 0 Å². The van der Waals surface area contributed by atoms with Crippen molar-refractivity contribution < 1.29 is 4.79 Å². The van der Waals surface area contributed by atoms with Gasteiger partial charge in [0, 0.05) is 18.6 Å². The topological polar surface area (TPSA) is 44.4 Å². The lowest BCUT2D eigenvalue weighted by molar-refractivity contribution is 0.156. The molecule has 3 fully saturated rings. The predicted molar refractivity (Wildman–Crippen MR) is 80.7 cm³/mol. The van der Waals surface area contributed by atoms with E-state index in [1.165, 1.54) is 57.8 Å². The second-order valence-corrected chi connectivity index (χ2v) is 6.79. The second-order valence-electron chi connectivity index (χ2n) is 6.79. The van der Waals surface area contributed by atoms with Crippen molar-refractivity contribution in [2.75, 3.05) is 19.6 Å². The lowest BCUT2D eigenvalue weighted by Gasteiger charge is -2.35. The van der Waals surface area contributed by atoms with Gasteiger partial charge in [0.1, 0.15) is 0 Å². The highest BCUT2D eigenvalue weighted by molar-refractivity contribution is 5.75. The van der Waals surface area contributed by atoms with E-state index in [1.807, 2.05) is 0 Å². The fourth-order valence-electron chi connectivity index (χ4n) is 4.25. The fraction of sp³-hybridized carbons (Fsp3) is 0.938. The summed E-state index contributed by atoms with van der Waals surface area (Å²) < 4.78 is 0. The van der Waals surface area contributed by atoms with E-state index in [2.05, 4.69) is 15.5 Å². The lowest BCUT2D eigenvalue weighted by Crippen LogP contribution is -2.51. The quantitative estimate of drug-likeness (QED) is 0.815. The molecule has 4 heteroatoms. The van der Waals surface area contributed by atoms with Gasteiger partial charge in [0.05, 0.1) is 0 Å². The van der Waals surface area contributed by atoms with E-state index in [1.54, 1.807) is 0 Å². The number of likely N-dealkylation sites (tertiary alicyclic amines) is 1. The van der Waals surface area contributed by atoms with Crippen LogP contribution in [0.5, 0.6) is 0 Å². The van der Waals surface area contributed by atoms with E-state index < -0.39 is 0 Å². The number of hydrogen-bond acceptors (Lipinski definition) is 2. The van der Waals surface area contributed by atoms with Crippen LogP contribution in [-0.4, -0.2) is 42.6 Å². The van der Waals surface area contributed by atoms with Gasteiger partial charge in [-0.05, 0) is 57.5 Å². The van der Waals surface area contributed by atoms with Crippen LogP contribution in [0.2, 0.25) is 0 Å². The highest BCUT2D eigenvalue weighted by Gasteiger charge is 2.35. The third kappa shape index (κ3) is 3.27. The van der Waals surface area contributed by atoms with Crippen LogP contribution in [0.3, 0.4) is 0 Å². The molecule has 1 aliphatic carbocycles. The van der Waals surface area contributed by atoms with Crippen molar-refractivity contribution in [1.29, 1.82) is 0 Å². The van der Waals surface area contributed by atoms with E-state index in [0.29, 0.717) is 18.0 Å². The minimum absolute atomic E-state index is 0.213. The third-order valence-corrected chi connectivity index (χ3v) is 5.37. The van der Waals surface area contributed by atoms with Crippen molar-refractivity contribution in [3.05, 3.63) is 0 Å². The Kier molecular flexibility index (Phi) is 4.81. The van der Waals surface area contributed by atoms with Gasteiger partial charge in [-0.1, -0.05) is 19.3 Å². The Morgan fingerprint density at radius 3 is 2.60 bits per heavy atom. The maximum absolute atomic E-state index is 12.6. The first-order valence-corrected chi connectivity index (χ1v) is 8.62. The van der Waals surface area contributed by atoms with Gasteiger partial charge in [-0.2, -0.15) is 0 Å². The number of nitrogens with zero attached hydrogens (tertiary/aromatic N) is 1. The van der Waals surface area contributed by atoms with Gasteiger partial charge >= 0.3 is 6.03 Å². The molecule has 2 N–H and O–H groups in total. The molecule has 0 radical (unpaired) electrons. The molecule has 0 aromatic carbocycles. The standard InChI is InChI=1S/C16H29N3O/c20-16(18-14-7-2-1-3-8-14)19-11-5-9-15(19)13-6-4-10-17-12-13/h13-15,17H,1-12H2,(H,18,20). The number of carbonyl (C=O) groups excluding carboxylic acids is 1. The van der Waals surface area contributed by atoms with Gasteiger partial charge in [-0.25, -0.2) is 4.79 Å². The molecule has 2 heterocycles. The summed E-state index contributed by atoms with van der Waals surface area (Å²) in [7, 11) is 0. The van der Waals surface area contributed by atoms with E-state index in [-0.39, 0.29) is 6.03 Å². The largest absolute Gasteiger partial charge is 0.335 e. The number of hydrogen-bond donors (Lipinski definition) is 2. The molecule has 0 aromatic rings. The average Bonchev–Trinajstić information content (AvgIpc) is 2.99. The van der Waals surface area contributed by atoms with E-state index in [4.69, 9.17) is 0 Å². The molecular formula is C16H29N3O. The Morgan fingerprint density at radius 2 is 1.85 bits per heavy atom. The molecule has 4 nitrogen and oxygen atoms in total. The Labute approximate surface area is 122 Å². The first kappa shape index (κ1) is 14.2. The molecule has 2 aliphatic heterocycles. The van der Waals surface area contributed by atoms with Gasteiger partial charge in [-0.3, -0.25) is 0 Å². The lowest BCUT2D eigenvalue weighted by atomic mass is 9.90. The smallest absolute Gasteiger partial charge is 0.317 e. The summed E-state index contributed by atoms with van der Waals surface area (Å²) in [6, 6.07) is 1.12. The molecule has 2 saturated heterocycles. The Bertz CT molecular complexity index is 322. The molecule has 2 amide bonds. The zero-order valence-electron chi connectivity index (χ0n) is 12.6. The van der Waals surface area contributed by atoms with Gasteiger partial charge in [0.15, 0.2) is 0 Å². The van der Waals surface area contributed by atoms with Crippen molar-refractivity contribution in [3.8, 4) is 0 Å². The molecular weight excluding hydrogens is 250 g/mol. The van der Waals surface area contributed by atoms with Crippen LogP contribution in [-0.2, 0) is 0 Å². The summed E-state index contributed by atoms with van der Waals surface area (Å²) in [5.74, 6) is 0.670. The highest BCUT2D eigenvalue weighted by Crippen LogP contribution is 2.28. The second kappa shape index (κ2) is 6.79. The number of piperidine rings is 1. The van der Waals surface area contributed by atoms with Crippen LogP contribution in [0.25, 0.3) is 0 Å². The predicted octanol–water partition coefficient (Wildman–Crippen LogP) is 2.49. The normalized spacial score (nSPS) is 32.3. The third-order valence-electron chi connectivity index (χ3n) is 5.37. The Balaban J connectivity index is 1.55. The summed E-state index contributed by atoms with van der Waals surface area (Å²) >= 11 is 0. The Hall–Kier alpha value is -0.770. The maximum Gasteiger partial charge on any atom is 0.317 e. The Morgan fingerprint density at radius 1 is 1.00 bits per heavy atom. The zero-order valence-corrected chi connectivity index (χ0v) is 12.6. The molecule has 2 atom stereocenters. The molecule has 3 aliphatic rings. The number of carbonyl (C=O) groups is 1. The van der Waals surface area contributed by atoms with Crippen LogP contribution >= 0.6 is 0 Å². The molecule has 0 bridgehead atoms. The van der Waals surface area contributed by atoms with Crippen LogP contribution in [0, 0.1) is 5.92 Å². The summed E-state index contributed by atoms with van der Waals surface area (Å²) in [5, 5.41) is 6.79. The van der Waals surface area contributed by atoms with E-state index in [0.717, 1.165) is 19.6 Å². The number of nitrogens with one attached hydrogen (secondary N) is 2. The van der Waals surface area contributed by atoms with Crippen molar-refractivity contribution in [3.63, 3.8) is 0 Å². The molecule has 0 spiro atoms. The van der Waals surface area contributed by atoms with Crippen molar-refractivity contribution in [1.82, 2.24) is 15.5 Å². The molecule has 2 unspecified atom stereocenters. The van der Waals surface area contributed by atoms with Crippen molar-refractivity contribution >= 4 is 6.03 Å². The van der Waals surface area contributed by atoms with Crippen LogP contribution in [0.15, 0.2) is 0 Å². The molecule has 114 valence electrons. The minimum atomic E-state index is 0.213. The average molecular weight is 279 g/mol. The monoisotopic (exact) mass is 279 g/mol. The molecule has 0 aromatic heterocycles. The van der Waals surface area contributed by atoms with Gasteiger partial charge in [0.2, 0.25) is 0 Å². The summed E-state index contributed by atoms with van der Waals surface area (Å²) in [5.41, 5.74) is 0. The van der Waals surface area contributed by atoms with Gasteiger partial charge in [-0.15, -0.1) is 0 Å². The van der Waals surface area contributed by atoms with Gasteiger partial charge < -0.3 is 15.5 Å². The highest BCUT2D eigenvalue weighted by atomic mass is 16.2. The molecule has 3 rings (SSSR count). The number of amides is 2. The van der Waals surface area contributed by atoms with Crippen LogP contribution in [0.4, 0.5) is 4.79 Å².